The monoisotopic (exact) mass is 486 g/mol. The van der Waals surface area contributed by atoms with Crippen LogP contribution in [-0.2, 0) is 14.4 Å². The van der Waals surface area contributed by atoms with Crippen LogP contribution in [0.3, 0.4) is 0 Å². The van der Waals surface area contributed by atoms with Gasteiger partial charge in [0.2, 0.25) is 11.8 Å². The van der Waals surface area contributed by atoms with E-state index >= 15 is 0 Å². The average molecular weight is 487 g/mol. The van der Waals surface area contributed by atoms with Crippen molar-refractivity contribution in [2.75, 3.05) is 11.9 Å². The fourth-order valence-corrected chi connectivity index (χ4v) is 5.75. The maximum atomic E-state index is 13.8. The molecule has 2 unspecified atom stereocenters. The molecule has 2 amide bonds. The van der Waals surface area contributed by atoms with Gasteiger partial charge in [0.1, 0.15) is 0 Å². The van der Waals surface area contributed by atoms with Crippen molar-refractivity contribution < 1.29 is 19.5 Å². The van der Waals surface area contributed by atoms with Crippen molar-refractivity contribution >= 4 is 46.7 Å². The van der Waals surface area contributed by atoms with Crippen LogP contribution in [-0.4, -0.2) is 34.3 Å². The lowest BCUT2D eigenvalue weighted by molar-refractivity contribution is -0.146. The van der Waals surface area contributed by atoms with Gasteiger partial charge in [-0.25, -0.2) is 0 Å². The molecular formula is C25H24Cl2N2O4. The Morgan fingerprint density at radius 2 is 1.85 bits per heavy atom. The number of rotatable bonds is 5. The molecule has 2 aromatic rings. The van der Waals surface area contributed by atoms with Gasteiger partial charge in [-0.1, -0.05) is 41.4 Å². The zero-order valence-electron chi connectivity index (χ0n) is 17.8. The number of carboxylic acids is 1. The molecular weight excluding hydrogens is 463 g/mol. The highest BCUT2D eigenvalue weighted by atomic mass is 35.5. The number of halogens is 2. The van der Waals surface area contributed by atoms with Crippen LogP contribution in [0.1, 0.15) is 48.8 Å². The molecule has 0 radical (unpaired) electrons. The lowest BCUT2D eigenvalue weighted by Crippen LogP contribution is -2.46. The minimum atomic E-state index is -1.02. The Hall–Kier alpha value is -2.57. The van der Waals surface area contributed by atoms with E-state index in [0.29, 0.717) is 28.2 Å². The fourth-order valence-electron chi connectivity index (χ4n) is 5.38. The van der Waals surface area contributed by atoms with Gasteiger partial charge >= 0.3 is 5.97 Å². The Morgan fingerprint density at radius 1 is 1.09 bits per heavy atom. The summed E-state index contributed by atoms with van der Waals surface area (Å²) in [4.78, 5) is 40.8. The summed E-state index contributed by atoms with van der Waals surface area (Å²) in [5.74, 6) is -2.69. The summed E-state index contributed by atoms with van der Waals surface area (Å²) in [6.07, 6.45) is 2.06. The number of hydrogen-bond acceptors (Lipinski definition) is 3. The number of amides is 2. The highest BCUT2D eigenvalue weighted by Gasteiger charge is 2.51. The molecule has 0 spiro atoms. The second-order valence-corrected chi connectivity index (χ2v) is 10.2. The summed E-state index contributed by atoms with van der Waals surface area (Å²) < 4.78 is 0. The minimum absolute atomic E-state index is 0.190. The number of carboxylic acid groups (broad SMARTS) is 1. The van der Waals surface area contributed by atoms with E-state index in [0.717, 1.165) is 24.0 Å². The van der Waals surface area contributed by atoms with E-state index in [-0.39, 0.29) is 30.6 Å². The van der Waals surface area contributed by atoms with Gasteiger partial charge in [0, 0.05) is 28.2 Å². The average Bonchev–Trinajstić information content (AvgIpc) is 3.58. The zero-order chi connectivity index (χ0) is 23.3. The maximum absolute atomic E-state index is 13.8. The third-order valence-electron chi connectivity index (χ3n) is 7.02. The maximum Gasteiger partial charge on any atom is 0.304 e. The summed E-state index contributed by atoms with van der Waals surface area (Å²) in [7, 11) is 0. The predicted molar refractivity (Wildman–Crippen MR) is 125 cm³/mol. The van der Waals surface area contributed by atoms with Crippen LogP contribution in [0.25, 0.3) is 0 Å². The molecule has 6 nitrogen and oxygen atoms in total. The molecule has 1 aliphatic carbocycles. The number of nitrogens with one attached hydrogen (secondary N) is 1. The summed E-state index contributed by atoms with van der Waals surface area (Å²) in [5, 5.41) is 13.6. The van der Waals surface area contributed by atoms with Gasteiger partial charge in [-0.2, -0.15) is 0 Å². The molecule has 2 fully saturated rings. The van der Waals surface area contributed by atoms with Crippen molar-refractivity contribution in [3.63, 3.8) is 0 Å². The molecule has 8 heteroatoms. The summed E-state index contributed by atoms with van der Waals surface area (Å²) in [6, 6.07) is 12.1. The van der Waals surface area contributed by atoms with Crippen LogP contribution in [0.4, 0.5) is 5.69 Å². The number of carbonyl (C=O) groups excluding carboxylic acids is 2. The van der Waals surface area contributed by atoms with E-state index in [9.17, 15) is 19.5 Å². The van der Waals surface area contributed by atoms with Crippen molar-refractivity contribution in [3.8, 4) is 0 Å². The Labute approximate surface area is 201 Å². The number of fused-ring (bicyclic) bond motifs is 3. The van der Waals surface area contributed by atoms with Gasteiger partial charge in [0.05, 0.1) is 18.4 Å². The molecule has 33 heavy (non-hydrogen) atoms. The Morgan fingerprint density at radius 3 is 2.55 bits per heavy atom. The second kappa shape index (κ2) is 8.65. The number of benzene rings is 2. The molecule has 2 aliphatic heterocycles. The molecule has 2 aromatic carbocycles. The first-order valence-electron chi connectivity index (χ1n) is 11.2. The standard InChI is InChI=1S/C25H24Cl2N2O4/c26-16-3-1-2-14(8-16)19-9-15(10-21(30)31)25(33)29(12-13-4-5-13)23-18-7-6-17(27)11-20(18)28-24(32)22(19)23/h1-3,6-8,11,13,15,19,22-23H,4-5,9-10,12H2,(H,28,32)(H,30,31)/t15?,19-,22?,23+/m1/s1. The molecule has 5 rings (SSSR count). The number of anilines is 1. The normalized spacial score (nSPS) is 26.8. The van der Waals surface area contributed by atoms with Crippen LogP contribution in [0, 0.1) is 17.8 Å². The predicted octanol–water partition coefficient (Wildman–Crippen LogP) is 5.12. The highest BCUT2D eigenvalue weighted by Crippen LogP contribution is 2.51. The van der Waals surface area contributed by atoms with E-state index in [2.05, 4.69) is 5.32 Å². The third kappa shape index (κ3) is 4.34. The number of aliphatic carboxylic acids is 1. The molecule has 1 saturated carbocycles. The third-order valence-corrected chi connectivity index (χ3v) is 7.49. The van der Waals surface area contributed by atoms with Gasteiger partial charge in [-0.15, -0.1) is 0 Å². The van der Waals surface area contributed by atoms with E-state index in [4.69, 9.17) is 23.2 Å². The molecule has 1 saturated heterocycles. The van der Waals surface area contributed by atoms with E-state index in [1.54, 1.807) is 23.1 Å². The topological polar surface area (TPSA) is 86.7 Å². The first kappa shape index (κ1) is 22.2. The number of likely N-dealkylation sites (tertiary alicyclic amines) is 1. The minimum Gasteiger partial charge on any atom is -0.481 e. The summed E-state index contributed by atoms with van der Waals surface area (Å²) in [6.45, 7) is 0.522. The van der Waals surface area contributed by atoms with Gasteiger partial charge in [-0.3, -0.25) is 14.4 Å². The molecule has 0 bridgehead atoms. The van der Waals surface area contributed by atoms with Crippen molar-refractivity contribution in [1.82, 2.24) is 4.90 Å². The SMILES string of the molecule is O=C(O)CC1C[C@H](c2cccc(Cl)c2)C2C(=O)Nc3cc(Cl)ccc3[C@@H]2N(CC2CC2)C1=O. The van der Waals surface area contributed by atoms with Crippen LogP contribution in [0.15, 0.2) is 42.5 Å². The van der Waals surface area contributed by atoms with Crippen LogP contribution < -0.4 is 5.32 Å². The van der Waals surface area contributed by atoms with Crippen molar-refractivity contribution in [2.45, 2.75) is 37.6 Å². The molecule has 2 N–H and O–H groups in total. The van der Waals surface area contributed by atoms with Gasteiger partial charge < -0.3 is 15.3 Å². The first-order valence-corrected chi connectivity index (χ1v) is 12.0. The number of carbonyl (C=O) groups is 3. The number of hydrogen-bond donors (Lipinski definition) is 2. The summed E-state index contributed by atoms with van der Waals surface area (Å²) in [5.41, 5.74) is 2.27. The molecule has 3 aliphatic rings. The molecule has 172 valence electrons. The van der Waals surface area contributed by atoms with Gasteiger partial charge in [0.15, 0.2) is 0 Å². The number of nitrogens with zero attached hydrogens (tertiary/aromatic N) is 1. The van der Waals surface area contributed by atoms with Crippen molar-refractivity contribution in [3.05, 3.63) is 63.6 Å². The van der Waals surface area contributed by atoms with Gasteiger partial charge in [0.25, 0.3) is 0 Å². The summed E-state index contributed by atoms with van der Waals surface area (Å²) >= 11 is 12.5. The lowest BCUT2D eigenvalue weighted by Gasteiger charge is -2.41. The Balaban J connectivity index is 1.69. The van der Waals surface area contributed by atoms with E-state index in [1.807, 2.05) is 24.3 Å². The van der Waals surface area contributed by atoms with Gasteiger partial charge in [-0.05, 0) is 66.5 Å². The lowest BCUT2D eigenvalue weighted by atomic mass is 9.73. The van der Waals surface area contributed by atoms with Crippen LogP contribution in [0.5, 0.6) is 0 Å². The molecule has 0 aromatic heterocycles. The fraction of sp³-hybridized carbons (Fsp3) is 0.400. The van der Waals surface area contributed by atoms with Crippen LogP contribution >= 0.6 is 23.2 Å². The van der Waals surface area contributed by atoms with E-state index in [1.165, 1.54) is 0 Å². The molecule has 4 atom stereocenters. The quantitative estimate of drug-likeness (QED) is 0.613. The highest BCUT2D eigenvalue weighted by molar-refractivity contribution is 6.31. The van der Waals surface area contributed by atoms with E-state index < -0.39 is 23.8 Å². The first-order chi connectivity index (χ1) is 15.8. The Kier molecular flexibility index (Phi) is 5.83. The largest absolute Gasteiger partial charge is 0.481 e. The van der Waals surface area contributed by atoms with Crippen LogP contribution in [0.2, 0.25) is 10.0 Å². The van der Waals surface area contributed by atoms with Crippen molar-refractivity contribution in [2.24, 2.45) is 17.8 Å². The second-order valence-electron chi connectivity index (χ2n) is 9.32. The van der Waals surface area contributed by atoms with Crippen molar-refractivity contribution in [1.29, 1.82) is 0 Å². The zero-order valence-corrected chi connectivity index (χ0v) is 19.4. The Bertz CT molecular complexity index is 1130. The smallest absolute Gasteiger partial charge is 0.304 e. The molecule has 2 heterocycles.